The summed E-state index contributed by atoms with van der Waals surface area (Å²) in [5, 5.41) is 12.6. The van der Waals surface area contributed by atoms with Crippen LogP contribution in [0.25, 0.3) is 0 Å². The average Bonchev–Trinajstić information content (AvgIpc) is 2.58. The number of phenolic OH excluding ortho intramolecular Hbond substituents is 1. The zero-order valence-corrected chi connectivity index (χ0v) is 15.8. The van der Waals surface area contributed by atoms with Crippen LogP contribution in [-0.2, 0) is 0 Å². The van der Waals surface area contributed by atoms with Crippen molar-refractivity contribution in [1.29, 1.82) is 0 Å². The zero-order valence-electron chi connectivity index (χ0n) is 15.0. The quantitative estimate of drug-likeness (QED) is 0.684. The van der Waals surface area contributed by atoms with Crippen molar-refractivity contribution >= 4 is 23.2 Å². The SMILES string of the molecule is CC.CC.Cc1cc(C)c(O)c(C(=O)Nc2cc(Cl)ccc2F)c1. The highest BCUT2D eigenvalue weighted by atomic mass is 35.5. The minimum absolute atomic E-state index is 0.0268. The van der Waals surface area contributed by atoms with Crippen molar-refractivity contribution in [3.63, 3.8) is 0 Å². The Hall–Kier alpha value is -2.07. The molecule has 0 heterocycles. The Morgan fingerprint density at radius 1 is 1.08 bits per heavy atom. The number of aryl methyl sites for hydroxylation is 2. The predicted octanol–water partition coefficient (Wildman–Crippen LogP) is 6.11. The average molecular weight is 354 g/mol. The first-order valence-corrected chi connectivity index (χ1v) is 8.33. The molecule has 0 aliphatic carbocycles. The Labute approximate surface area is 148 Å². The molecule has 2 aromatic carbocycles. The molecule has 2 rings (SSSR count). The van der Waals surface area contributed by atoms with Gasteiger partial charge in [-0.2, -0.15) is 0 Å². The van der Waals surface area contributed by atoms with Crippen molar-refractivity contribution in [3.8, 4) is 5.75 Å². The minimum Gasteiger partial charge on any atom is -0.507 e. The molecule has 2 aromatic rings. The number of carbonyl (C=O) groups excluding carboxylic acids is 1. The number of hydrogen-bond acceptors (Lipinski definition) is 2. The minimum atomic E-state index is -0.591. The molecule has 0 aliphatic heterocycles. The van der Waals surface area contributed by atoms with Gasteiger partial charge >= 0.3 is 0 Å². The summed E-state index contributed by atoms with van der Waals surface area (Å²) >= 11 is 5.76. The molecule has 3 nitrogen and oxygen atoms in total. The summed E-state index contributed by atoms with van der Waals surface area (Å²) in [6, 6.07) is 7.17. The van der Waals surface area contributed by atoms with E-state index in [0.717, 1.165) is 5.56 Å². The topological polar surface area (TPSA) is 49.3 Å². The van der Waals surface area contributed by atoms with Gasteiger partial charge in [-0.3, -0.25) is 4.79 Å². The second-order valence-corrected chi connectivity index (χ2v) is 4.99. The molecule has 0 spiro atoms. The molecule has 0 fully saturated rings. The van der Waals surface area contributed by atoms with E-state index in [1.165, 1.54) is 18.2 Å². The fourth-order valence-corrected chi connectivity index (χ4v) is 2.09. The molecule has 2 N–H and O–H groups in total. The van der Waals surface area contributed by atoms with E-state index in [-0.39, 0.29) is 17.0 Å². The number of carbonyl (C=O) groups is 1. The van der Waals surface area contributed by atoms with E-state index in [2.05, 4.69) is 5.32 Å². The van der Waals surface area contributed by atoms with Gasteiger partial charge in [0.1, 0.15) is 11.6 Å². The second-order valence-electron chi connectivity index (χ2n) is 4.56. The van der Waals surface area contributed by atoms with Crippen LogP contribution < -0.4 is 5.32 Å². The van der Waals surface area contributed by atoms with E-state index in [0.29, 0.717) is 10.6 Å². The molecule has 0 unspecified atom stereocenters. The zero-order chi connectivity index (χ0) is 18.9. The van der Waals surface area contributed by atoms with Gasteiger partial charge in [-0.1, -0.05) is 45.4 Å². The number of halogens is 2. The fourth-order valence-electron chi connectivity index (χ4n) is 1.92. The van der Waals surface area contributed by atoms with Gasteiger partial charge < -0.3 is 10.4 Å². The largest absolute Gasteiger partial charge is 0.507 e. The maximum Gasteiger partial charge on any atom is 0.259 e. The van der Waals surface area contributed by atoms with E-state index in [4.69, 9.17) is 11.6 Å². The van der Waals surface area contributed by atoms with Crippen molar-refractivity contribution < 1.29 is 14.3 Å². The second kappa shape index (κ2) is 10.7. The fraction of sp³-hybridized carbons (Fsp3) is 0.316. The van der Waals surface area contributed by atoms with Crippen molar-refractivity contribution in [2.45, 2.75) is 41.5 Å². The Kier molecular flexibility index (Phi) is 9.74. The number of aromatic hydroxyl groups is 1. The molecule has 0 aliphatic rings. The Morgan fingerprint density at radius 2 is 1.67 bits per heavy atom. The van der Waals surface area contributed by atoms with Crippen LogP contribution >= 0.6 is 11.6 Å². The number of anilines is 1. The third-order valence-electron chi connectivity index (χ3n) is 2.87. The Balaban J connectivity index is 0.00000123. The number of benzene rings is 2. The van der Waals surface area contributed by atoms with Crippen molar-refractivity contribution in [3.05, 3.63) is 57.9 Å². The summed E-state index contributed by atoms with van der Waals surface area (Å²) < 4.78 is 13.6. The first kappa shape index (κ1) is 21.9. The van der Waals surface area contributed by atoms with Crippen molar-refractivity contribution in [2.24, 2.45) is 0 Å². The number of rotatable bonds is 2. The van der Waals surface area contributed by atoms with E-state index in [9.17, 15) is 14.3 Å². The first-order valence-electron chi connectivity index (χ1n) is 7.95. The highest BCUT2D eigenvalue weighted by Crippen LogP contribution is 2.26. The van der Waals surface area contributed by atoms with E-state index < -0.39 is 11.7 Å². The van der Waals surface area contributed by atoms with Gasteiger partial charge in [-0.15, -0.1) is 0 Å². The summed E-state index contributed by atoms with van der Waals surface area (Å²) in [7, 11) is 0. The maximum absolute atomic E-state index is 13.6. The first-order chi connectivity index (χ1) is 11.4. The Morgan fingerprint density at radius 3 is 2.25 bits per heavy atom. The lowest BCUT2D eigenvalue weighted by Gasteiger charge is -2.10. The van der Waals surface area contributed by atoms with Crippen LogP contribution in [0.3, 0.4) is 0 Å². The molecular weight excluding hydrogens is 329 g/mol. The van der Waals surface area contributed by atoms with Crippen LogP contribution in [0.1, 0.15) is 49.2 Å². The molecule has 132 valence electrons. The van der Waals surface area contributed by atoms with Crippen molar-refractivity contribution in [1.82, 2.24) is 0 Å². The number of phenols is 1. The molecular formula is C19H25ClFNO2. The van der Waals surface area contributed by atoms with E-state index in [1.54, 1.807) is 19.1 Å². The van der Waals surface area contributed by atoms with Crippen LogP contribution in [0.4, 0.5) is 10.1 Å². The smallest absolute Gasteiger partial charge is 0.259 e. The molecule has 0 saturated carbocycles. The molecule has 0 radical (unpaired) electrons. The molecule has 5 heteroatoms. The van der Waals surface area contributed by atoms with Gasteiger partial charge in [0.15, 0.2) is 0 Å². The normalized spacial score (nSPS) is 9.17. The summed E-state index contributed by atoms with van der Waals surface area (Å²) in [5.74, 6) is -1.29. The molecule has 1 amide bonds. The number of nitrogens with one attached hydrogen (secondary N) is 1. The lowest BCUT2D eigenvalue weighted by Crippen LogP contribution is -2.13. The van der Waals surface area contributed by atoms with Gasteiger partial charge in [-0.25, -0.2) is 4.39 Å². The molecule has 0 aromatic heterocycles. The molecule has 0 saturated heterocycles. The van der Waals surface area contributed by atoms with Gasteiger partial charge in [-0.05, 0) is 49.2 Å². The molecule has 0 bridgehead atoms. The van der Waals surface area contributed by atoms with Crippen LogP contribution in [0.5, 0.6) is 5.75 Å². The van der Waals surface area contributed by atoms with Crippen LogP contribution in [0.2, 0.25) is 5.02 Å². The van der Waals surface area contributed by atoms with Crippen LogP contribution in [-0.4, -0.2) is 11.0 Å². The summed E-state index contributed by atoms with van der Waals surface area (Å²) in [4.78, 5) is 12.1. The highest BCUT2D eigenvalue weighted by molar-refractivity contribution is 6.31. The maximum atomic E-state index is 13.6. The number of hydrogen-bond donors (Lipinski definition) is 2. The summed E-state index contributed by atoms with van der Waals surface area (Å²) in [6.45, 7) is 11.5. The van der Waals surface area contributed by atoms with Crippen LogP contribution in [0, 0.1) is 19.7 Å². The van der Waals surface area contributed by atoms with Crippen LogP contribution in [0.15, 0.2) is 30.3 Å². The molecule has 24 heavy (non-hydrogen) atoms. The summed E-state index contributed by atoms with van der Waals surface area (Å²) in [6.07, 6.45) is 0. The predicted molar refractivity (Wildman–Crippen MR) is 99.6 cm³/mol. The lowest BCUT2D eigenvalue weighted by molar-refractivity contribution is 0.102. The monoisotopic (exact) mass is 353 g/mol. The van der Waals surface area contributed by atoms with Gasteiger partial charge in [0, 0.05) is 5.02 Å². The Bertz CT molecular complexity index is 687. The standard InChI is InChI=1S/C15H13ClFNO2.2C2H6/c1-8-5-9(2)14(19)11(6-8)15(20)18-13-7-10(16)3-4-12(13)17;2*1-2/h3-7,19H,1-2H3,(H,18,20);2*1-2H3. The van der Waals surface area contributed by atoms with E-state index in [1.807, 2.05) is 34.6 Å². The third kappa shape index (κ3) is 5.85. The summed E-state index contributed by atoms with van der Waals surface area (Å²) in [5.41, 5.74) is 1.49. The van der Waals surface area contributed by atoms with Crippen molar-refractivity contribution in [2.75, 3.05) is 5.32 Å². The van der Waals surface area contributed by atoms with Gasteiger partial charge in [0.2, 0.25) is 0 Å². The number of amides is 1. The van der Waals surface area contributed by atoms with E-state index >= 15 is 0 Å². The van der Waals surface area contributed by atoms with Gasteiger partial charge in [0.25, 0.3) is 5.91 Å². The third-order valence-corrected chi connectivity index (χ3v) is 3.10. The molecule has 0 atom stereocenters. The van der Waals surface area contributed by atoms with Gasteiger partial charge in [0.05, 0.1) is 11.3 Å². The highest BCUT2D eigenvalue weighted by Gasteiger charge is 2.15. The lowest BCUT2D eigenvalue weighted by atomic mass is 10.0.